The summed E-state index contributed by atoms with van der Waals surface area (Å²) in [4.78, 5) is 21.9. The Bertz CT molecular complexity index is 372. The van der Waals surface area contributed by atoms with Crippen molar-refractivity contribution in [2.75, 3.05) is 0 Å². The molecule has 0 saturated heterocycles. The van der Waals surface area contributed by atoms with Gasteiger partial charge in [-0.05, 0) is 25.0 Å². The highest BCUT2D eigenvalue weighted by Crippen LogP contribution is 2.05. The minimum atomic E-state index is -0.217. The molecule has 0 unspecified atom stereocenters. The lowest BCUT2D eigenvalue weighted by molar-refractivity contribution is -0.127. The molecule has 1 N–H and O–H groups in total. The highest BCUT2D eigenvalue weighted by atomic mass is 16.2. The third-order valence-electron chi connectivity index (χ3n) is 2.15. The van der Waals surface area contributed by atoms with Crippen molar-refractivity contribution in [2.24, 2.45) is 0 Å². The SMILES string of the molecule is CC(=O)CC(=O)NCc1ccccc1C. The maximum absolute atomic E-state index is 11.2. The predicted octanol–water partition coefficient (Wildman–Crippen LogP) is 1.59. The minimum Gasteiger partial charge on any atom is -0.352 e. The average molecular weight is 205 g/mol. The molecule has 1 rings (SSSR count). The van der Waals surface area contributed by atoms with Crippen LogP contribution in [0.3, 0.4) is 0 Å². The molecule has 0 fully saturated rings. The lowest BCUT2D eigenvalue weighted by Crippen LogP contribution is -2.24. The van der Waals surface area contributed by atoms with Crippen molar-refractivity contribution in [3.05, 3.63) is 35.4 Å². The first kappa shape index (κ1) is 11.4. The Morgan fingerprint density at radius 1 is 1.27 bits per heavy atom. The summed E-state index contributed by atoms with van der Waals surface area (Å²) in [5, 5.41) is 2.71. The third kappa shape index (κ3) is 3.94. The van der Waals surface area contributed by atoms with Crippen LogP contribution in [0.2, 0.25) is 0 Å². The van der Waals surface area contributed by atoms with E-state index in [1.54, 1.807) is 0 Å². The fraction of sp³-hybridized carbons (Fsp3) is 0.333. The minimum absolute atomic E-state index is 0.0358. The first-order valence-electron chi connectivity index (χ1n) is 4.90. The van der Waals surface area contributed by atoms with Crippen LogP contribution in [0.25, 0.3) is 0 Å². The van der Waals surface area contributed by atoms with E-state index in [1.165, 1.54) is 6.92 Å². The molecule has 3 nitrogen and oxygen atoms in total. The van der Waals surface area contributed by atoms with Crippen molar-refractivity contribution in [3.8, 4) is 0 Å². The van der Waals surface area contributed by atoms with Gasteiger partial charge in [-0.3, -0.25) is 9.59 Å². The standard InChI is InChI=1S/C12H15NO2/c1-9-5-3-4-6-11(9)8-13-12(15)7-10(2)14/h3-6H,7-8H2,1-2H3,(H,13,15). The molecule has 0 aliphatic heterocycles. The van der Waals surface area contributed by atoms with Crippen molar-refractivity contribution in [2.45, 2.75) is 26.8 Å². The van der Waals surface area contributed by atoms with Gasteiger partial charge in [-0.1, -0.05) is 24.3 Å². The Hall–Kier alpha value is -1.64. The van der Waals surface area contributed by atoms with Crippen molar-refractivity contribution in [3.63, 3.8) is 0 Å². The smallest absolute Gasteiger partial charge is 0.227 e. The lowest BCUT2D eigenvalue weighted by Gasteiger charge is -2.06. The zero-order valence-corrected chi connectivity index (χ0v) is 9.04. The number of amides is 1. The topological polar surface area (TPSA) is 46.2 Å². The maximum atomic E-state index is 11.2. The number of Topliss-reactive ketones (excluding diaryl/α,β-unsaturated/α-hetero) is 1. The molecule has 1 aromatic carbocycles. The fourth-order valence-corrected chi connectivity index (χ4v) is 1.29. The molecule has 0 radical (unpaired) electrons. The number of ketones is 1. The van der Waals surface area contributed by atoms with Crippen molar-refractivity contribution in [1.82, 2.24) is 5.32 Å². The van der Waals surface area contributed by atoms with Gasteiger partial charge in [0.1, 0.15) is 5.78 Å². The fourth-order valence-electron chi connectivity index (χ4n) is 1.29. The second kappa shape index (κ2) is 5.29. The van der Waals surface area contributed by atoms with Gasteiger partial charge in [-0.2, -0.15) is 0 Å². The van der Waals surface area contributed by atoms with E-state index in [4.69, 9.17) is 0 Å². The number of hydrogen-bond acceptors (Lipinski definition) is 2. The van der Waals surface area contributed by atoms with Gasteiger partial charge in [0, 0.05) is 6.54 Å². The maximum Gasteiger partial charge on any atom is 0.227 e. The number of benzene rings is 1. The summed E-state index contributed by atoms with van der Waals surface area (Å²) >= 11 is 0. The molecule has 80 valence electrons. The zero-order valence-electron chi connectivity index (χ0n) is 9.04. The molecule has 1 aromatic rings. The van der Waals surface area contributed by atoms with E-state index < -0.39 is 0 Å². The van der Waals surface area contributed by atoms with Crippen LogP contribution in [0, 0.1) is 6.92 Å². The Morgan fingerprint density at radius 3 is 2.53 bits per heavy atom. The first-order valence-corrected chi connectivity index (χ1v) is 4.90. The summed E-state index contributed by atoms with van der Waals surface area (Å²) in [6, 6.07) is 7.84. The monoisotopic (exact) mass is 205 g/mol. The molecular formula is C12H15NO2. The Kier molecular flexibility index (Phi) is 4.03. The number of aryl methyl sites for hydroxylation is 1. The average Bonchev–Trinajstić information content (AvgIpc) is 2.15. The number of nitrogens with one attached hydrogen (secondary N) is 1. The molecular weight excluding hydrogens is 190 g/mol. The second-order valence-electron chi connectivity index (χ2n) is 3.58. The van der Waals surface area contributed by atoms with Crippen LogP contribution < -0.4 is 5.32 Å². The summed E-state index contributed by atoms with van der Waals surface area (Å²) in [5.41, 5.74) is 2.22. The van der Waals surface area contributed by atoms with Gasteiger partial charge in [0.25, 0.3) is 0 Å². The molecule has 0 aliphatic carbocycles. The van der Waals surface area contributed by atoms with Crippen molar-refractivity contribution >= 4 is 11.7 Å². The lowest BCUT2D eigenvalue weighted by atomic mass is 10.1. The van der Waals surface area contributed by atoms with E-state index in [1.807, 2.05) is 31.2 Å². The summed E-state index contributed by atoms with van der Waals surface area (Å²) in [6.07, 6.45) is -0.0358. The van der Waals surface area contributed by atoms with Gasteiger partial charge in [0.2, 0.25) is 5.91 Å². The van der Waals surface area contributed by atoms with Crippen LogP contribution in [-0.2, 0) is 16.1 Å². The van der Waals surface area contributed by atoms with E-state index in [0.29, 0.717) is 6.54 Å². The number of rotatable bonds is 4. The van der Waals surface area contributed by atoms with Crippen LogP contribution in [-0.4, -0.2) is 11.7 Å². The Labute approximate surface area is 89.5 Å². The summed E-state index contributed by atoms with van der Waals surface area (Å²) in [5.74, 6) is -0.331. The molecule has 0 aliphatic rings. The molecule has 0 bridgehead atoms. The molecule has 0 spiro atoms. The largest absolute Gasteiger partial charge is 0.352 e. The van der Waals surface area contributed by atoms with Gasteiger partial charge in [-0.15, -0.1) is 0 Å². The molecule has 15 heavy (non-hydrogen) atoms. The van der Waals surface area contributed by atoms with E-state index in [2.05, 4.69) is 5.32 Å². The highest BCUT2D eigenvalue weighted by molar-refractivity contribution is 5.96. The summed E-state index contributed by atoms with van der Waals surface area (Å²) in [7, 11) is 0. The van der Waals surface area contributed by atoms with Gasteiger partial charge >= 0.3 is 0 Å². The van der Waals surface area contributed by atoms with Gasteiger partial charge in [0.05, 0.1) is 6.42 Å². The predicted molar refractivity (Wildman–Crippen MR) is 58.3 cm³/mol. The molecule has 0 atom stereocenters. The van der Waals surface area contributed by atoms with Gasteiger partial charge in [-0.25, -0.2) is 0 Å². The van der Waals surface area contributed by atoms with E-state index in [-0.39, 0.29) is 18.1 Å². The van der Waals surface area contributed by atoms with Crippen molar-refractivity contribution in [1.29, 1.82) is 0 Å². The highest BCUT2D eigenvalue weighted by Gasteiger charge is 2.04. The summed E-state index contributed by atoms with van der Waals surface area (Å²) in [6.45, 7) is 3.89. The molecule has 0 saturated carbocycles. The Balaban J connectivity index is 2.47. The second-order valence-corrected chi connectivity index (χ2v) is 3.58. The first-order chi connectivity index (χ1) is 7.09. The zero-order chi connectivity index (χ0) is 11.3. The number of hydrogen-bond donors (Lipinski definition) is 1. The van der Waals surface area contributed by atoms with E-state index in [0.717, 1.165) is 11.1 Å². The number of carbonyl (C=O) groups is 2. The molecule has 3 heteroatoms. The van der Waals surface area contributed by atoms with E-state index >= 15 is 0 Å². The van der Waals surface area contributed by atoms with Gasteiger partial charge < -0.3 is 5.32 Å². The quantitative estimate of drug-likeness (QED) is 0.759. The van der Waals surface area contributed by atoms with Crippen LogP contribution in [0.1, 0.15) is 24.5 Å². The number of carbonyl (C=O) groups excluding carboxylic acids is 2. The van der Waals surface area contributed by atoms with Crippen LogP contribution >= 0.6 is 0 Å². The Morgan fingerprint density at radius 2 is 1.93 bits per heavy atom. The van der Waals surface area contributed by atoms with Crippen LogP contribution in [0.15, 0.2) is 24.3 Å². The molecule has 0 aromatic heterocycles. The van der Waals surface area contributed by atoms with Crippen LogP contribution in [0.4, 0.5) is 0 Å². The van der Waals surface area contributed by atoms with Crippen LogP contribution in [0.5, 0.6) is 0 Å². The third-order valence-corrected chi connectivity index (χ3v) is 2.15. The summed E-state index contributed by atoms with van der Waals surface area (Å²) < 4.78 is 0. The molecule has 0 heterocycles. The van der Waals surface area contributed by atoms with Crippen molar-refractivity contribution < 1.29 is 9.59 Å². The van der Waals surface area contributed by atoms with Gasteiger partial charge in [0.15, 0.2) is 0 Å². The normalized spacial score (nSPS) is 9.73. The molecule has 1 amide bonds. The van der Waals surface area contributed by atoms with E-state index in [9.17, 15) is 9.59 Å².